The fraction of sp³-hybridized carbons (Fsp3) is 0.533. The molecule has 114 valence electrons. The van der Waals surface area contributed by atoms with Crippen molar-refractivity contribution >= 4 is 15.9 Å². The predicted octanol–water partition coefficient (Wildman–Crippen LogP) is 1.18. The van der Waals surface area contributed by atoms with Gasteiger partial charge in [-0.05, 0) is 24.5 Å². The Morgan fingerprint density at radius 1 is 1.10 bits per heavy atom. The first-order valence-electron chi connectivity index (χ1n) is 7.34. The summed E-state index contributed by atoms with van der Waals surface area (Å²) >= 11 is 0. The number of carbonyl (C=O) groups excluding carboxylic acids is 1. The molecule has 2 atom stereocenters. The number of benzene rings is 1. The molecule has 6 heteroatoms. The Hall–Kier alpha value is -1.40. The van der Waals surface area contributed by atoms with Crippen molar-refractivity contribution in [3.05, 3.63) is 30.3 Å². The van der Waals surface area contributed by atoms with Gasteiger partial charge in [0.05, 0.1) is 4.90 Å². The lowest BCUT2D eigenvalue weighted by Crippen LogP contribution is -2.51. The van der Waals surface area contributed by atoms with Gasteiger partial charge in [0.1, 0.15) is 0 Å². The Labute approximate surface area is 125 Å². The summed E-state index contributed by atoms with van der Waals surface area (Å²) in [4.78, 5) is 14.3. The van der Waals surface area contributed by atoms with Gasteiger partial charge < -0.3 is 4.90 Å². The molecule has 0 radical (unpaired) electrons. The first-order chi connectivity index (χ1) is 10.00. The van der Waals surface area contributed by atoms with Crippen molar-refractivity contribution in [2.45, 2.75) is 18.2 Å². The molecule has 3 rings (SSSR count). The lowest BCUT2D eigenvalue weighted by Gasteiger charge is -2.34. The van der Waals surface area contributed by atoms with E-state index in [1.807, 2.05) is 4.90 Å². The maximum atomic E-state index is 12.5. The van der Waals surface area contributed by atoms with Crippen LogP contribution < -0.4 is 0 Å². The van der Waals surface area contributed by atoms with Crippen molar-refractivity contribution in [2.24, 2.45) is 11.8 Å². The molecule has 0 aromatic heterocycles. The topological polar surface area (TPSA) is 57.7 Å². The maximum absolute atomic E-state index is 12.5. The molecule has 21 heavy (non-hydrogen) atoms. The average Bonchev–Trinajstić information content (AvgIpc) is 3.24. The van der Waals surface area contributed by atoms with Crippen molar-refractivity contribution in [3.63, 3.8) is 0 Å². The summed E-state index contributed by atoms with van der Waals surface area (Å²) in [6.45, 7) is 3.83. The lowest BCUT2D eigenvalue weighted by molar-refractivity contribution is -0.134. The second-order valence-electron chi connectivity index (χ2n) is 5.86. The zero-order chi connectivity index (χ0) is 15.0. The van der Waals surface area contributed by atoms with Crippen LogP contribution >= 0.6 is 0 Å². The van der Waals surface area contributed by atoms with E-state index >= 15 is 0 Å². The Bertz CT molecular complexity index is 622. The standard InChI is InChI=1S/C15H20N2O3S/c1-12-11-14(12)15(18)16-7-9-17(10-8-16)21(19,20)13-5-3-2-4-6-13/h2-6,12,14H,7-11H2,1H3/t12-,14-/m1/s1. The van der Waals surface area contributed by atoms with Crippen LogP contribution in [0.25, 0.3) is 0 Å². The van der Waals surface area contributed by atoms with Gasteiger partial charge in [-0.3, -0.25) is 4.79 Å². The molecule has 0 unspecified atom stereocenters. The monoisotopic (exact) mass is 308 g/mol. The van der Waals surface area contributed by atoms with Gasteiger partial charge in [0, 0.05) is 32.1 Å². The minimum atomic E-state index is -3.43. The minimum absolute atomic E-state index is 0.169. The van der Waals surface area contributed by atoms with Gasteiger partial charge in [-0.2, -0.15) is 4.31 Å². The molecule has 1 aromatic rings. The molecular weight excluding hydrogens is 288 g/mol. The van der Waals surface area contributed by atoms with Crippen molar-refractivity contribution in [1.82, 2.24) is 9.21 Å². The highest BCUT2D eigenvalue weighted by Crippen LogP contribution is 2.39. The van der Waals surface area contributed by atoms with Crippen LogP contribution in [0.3, 0.4) is 0 Å². The zero-order valence-corrected chi connectivity index (χ0v) is 12.9. The van der Waals surface area contributed by atoms with Gasteiger partial charge in [-0.15, -0.1) is 0 Å². The summed E-state index contributed by atoms with van der Waals surface area (Å²) in [6.07, 6.45) is 0.974. The molecule has 0 bridgehead atoms. The van der Waals surface area contributed by atoms with Crippen molar-refractivity contribution < 1.29 is 13.2 Å². The molecule has 1 aliphatic carbocycles. The number of piperazine rings is 1. The molecule has 0 spiro atoms. The van der Waals surface area contributed by atoms with Crippen LogP contribution in [0.5, 0.6) is 0 Å². The zero-order valence-electron chi connectivity index (χ0n) is 12.1. The highest BCUT2D eigenvalue weighted by molar-refractivity contribution is 7.89. The van der Waals surface area contributed by atoms with Gasteiger partial charge >= 0.3 is 0 Å². The van der Waals surface area contributed by atoms with Gasteiger partial charge in [-0.1, -0.05) is 25.1 Å². The van der Waals surface area contributed by atoms with Crippen LogP contribution in [0.1, 0.15) is 13.3 Å². The highest BCUT2D eigenvalue weighted by atomic mass is 32.2. The van der Waals surface area contributed by atoms with E-state index in [9.17, 15) is 13.2 Å². The highest BCUT2D eigenvalue weighted by Gasteiger charge is 2.42. The number of carbonyl (C=O) groups is 1. The van der Waals surface area contributed by atoms with E-state index in [0.29, 0.717) is 37.0 Å². The summed E-state index contributed by atoms with van der Waals surface area (Å²) in [5, 5.41) is 0. The second kappa shape index (κ2) is 5.42. The second-order valence-corrected chi connectivity index (χ2v) is 7.80. The van der Waals surface area contributed by atoms with E-state index in [4.69, 9.17) is 0 Å². The number of hydrogen-bond donors (Lipinski definition) is 0. The Morgan fingerprint density at radius 2 is 1.67 bits per heavy atom. The summed E-state index contributed by atoms with van der Waals surface area (Å²) in [5.41, 5.74) is 0. The van der Waals surface area contributed by atoms with Crippen molar-refractivity contribution in [1.29, 1.82) is 0 Å². The predicted molar refractivity (Wildman–Crippen MR) is 79.1 cm³/mol. The molecule has 1 heterocycles. The van der Waals surface area contributed by atoms with E-state index < -0.39 is 10.0 Å². The Balaban J connectivity index is 1.64. The molecule has 1 saturated carbocycles. The largest absolute Gasteiger partial charge is 0.340 e. The van der Waals surface area contributed by atoms with Crippen LogP contribution in [-0.4, -0.2) is 49.7 Å². The van der Waals surface area contributed by atoms with Crippen LogP contribution in [0, 0.1) is 11.8 Å². The first kappa shape index (κ1) is 14.5. The van der Waals surface area contributed by atoms with Gasteiger partial charge in [-0.25, -0.2) is 8.42 Å². The van der Waals surface area contributed by atoms with E-state index in [-0.39, 0.29) is 11.8 Å². The molecule has 1 aliphatic heterocycles. The third-order valence-corrected chi connectivity index (χ3v) is 6.27. The van der Waals surface area contributed by atoms with Crippen LogP contribution in [-0.2, 0) is 14.8 Å². The number of sulfonamides is 1. The molecule has 0 N–H and O–H groups in total. The molecule has 2 aliphatic rings. The molecule has 5 nitrogen and oxygen atoms in total. The Morgan fingerprint density at radius 3 is 2.19 bits per heavy atom. The molecule has 1 aromatic carbocycles. The lowest BCUT2D eigenvalue weighted by atomic mass is 10.2. The van der Waals surface area contributed by atoms with E-state index in [2.05, 4.69) is 6.92 Å². The first-order valence-corrected chi connectivity index (χ1v) is 8.78. The fourth-order valence-electron chi connectivity index (χ4n) is 2.79. The fourth-order valence-corrected chi connectivity index (χ4v) is 4.23. The van der Waals surface area contributed by atoms with E-state index in [0.717, 1.165) is 6.42 Å². The molecular formula is C15H20N2O3S. The van der Waals surface area contributed by atoms with Crippen molar-refractivity contribution in [2.75, 3.05) is 26.2 Å². The summed E-state index contributed by atoms with van der Waals surface area (Å²) in [6, 6.07) is 8.46. The summed E-state index contributed by atoms with van der Waals surface area (Å²) in [5.74, 6) is 0.852. The normalized spacial score (nSPS) is 26.6. The molecule has 2 fully saturated rings. The number of rotatable bonds is 3. The van der Waals surface area contributed by atoms with Gasteiger partial charge in [0.15, 0.2) is 0 Å². The summed E-state index contributed by atoms with van der Waals surface area (Å²) < 4.78 is 26.4. The van der Waals surface area contributed by atoms with Crippen molar-refractivity contribution in [3.8, 4) is 0 Å². The third kappa shape index (κ3) is 2.82. The third-order valence-electron chi connectivity index (χ3n) is 4.36. The van der Waals surface area contributed by atoms with Crippen LogP contribution in [0.2, 0.25) is 0 Å². The van der Waals surface area contributed by atoms with Gasteiger partial charge in [0.2, 0.25) is 15.9 Å². The van der Waals surface area contributed by atoms with E-state index in [1.54, 1.807) is 30.3 Å². The average molecular weight is 308 g/mol. The Kier molecular flexibility index (Phi) is 3.75. The number of amides is 1. The van der Waals surface area contributed by atoms with Gasteiger partial charge in [0.25, 0.3) is 0 Å². The number of hydrogen-bond acceptors (Lipinski definition) is 3. The van der Waals surface area contributed by atoms with Crippen LogP contribution in [0.15, 0.2) is 35.2 Å². The molecule has 1 amide bonds. The van der Waals surface area contributed by atoms with E-state index in [1.165, 1.54) is 4.31 Å². The minimum Gasteiger partial charge on any atom is -0.340 e. The number of nitrogens with zero attached hydrogens (tertiary/aromatic N) is 2. The SMILES string of the molecule is C[C@@H]1C[C@H]1C(=O)N1CCN(S(=O)(=O)c2ccccc2)CC1. The van der Waals surface area contributed by atoms with Crippen LogP contribution in [0.4, 0.5) is 0 Å². The smallest absolute Gasteiger partial charge is 0.243 e. The maximum Gasteiger partial charge on any atom is 0.243 e. The quantitative estimate of drug-likeness (QED) is 0.842. The summed E-state index contributed by atoms with van der Waals surface area (Å²) in [7, 11) is -3.43. The molecule has 1 saturated heterocycles.